The molecule has 1 aliphatic rings. The van der Waals surface area contributed by atoms with Gasteiger partial charge in [-0.15, -0.1) is 0 Å². The fourth-order valence-electron chi connectivity index (χ4n) is 1.60. The van der Waals surface area contributed by atoms with E-state index in [9.17, 15) is 27.2 Å². The molecule has 4 nitrogen and oxygen atoms in total. The highest BCUT2D eigenvalue weighted by Crippen LogP contribution is 2.26. The van der Waals surface area contributed by atoms with Crippen molar-refractivity contribution in [3.8, 4) is 0 Å². The summed E-state index contributed by atoms with van der Waals surface area (Å²) in [5.41, 5.74) is 0. The van der Waals surface area contributed by atoms with Gasteiger partial charge in [-0.3, -0.25) is 9.59 Å². The Bertz CT molecular complexity index is 322. The first-order valence-electron chi connectivity index (χ1n) is 5.02. The maximum Gasteiger partial charge on any atom is 0.324 e. The minimum absolute atomic E-state index is 0.0941. The monoisotopic (exact) mass is 256 g/mol. The number of hydrogen-bond donors (Lipinski definition) is 1. The number of halogens is 4. The first-order chi connectivity index (χ1) is 7.79. The van der Waals surface area contributed by atoms with Crippen molar-refractivity contribution in [3.05, 3.63) is 0 Å². The summed E-state index contributed by atoms with van der Waals surface area (Å²) >= 11 is 0. The van der Waals surface area contributed by atoms with Gasteiger partial charge in [0, 0.05) is 0 Å². The Hall–Kier alpha value is -1.34. The average Bonchev–Trinajstić information content (AvgIpc) is 2.23. The summed E-state index contributed by atoms with van der Waals surface area (Å²) in [5, 5.41) is 2.22. The molecule has 0 bridgehead atoms. The molecule has 2 amide bonds. The Kier molecular flexibility index (Phi) is 3.94. The second-order valence-corrected chi connectivity index (χ2v) is 3.73. The normalized spacial score (nSPS) is 22.0. The summed E-state index contributed by atoms with van der Waals surface area (Å²) in [6.45, 7) is -0.361. The quantitative estimate of drug-likeness (QED) is 0.750. The zero-order valence-electron chi connectivity index (χ0n) is 9.05. The van der Waals surface area contributed by atoms with E-state index in [1.165, 1.54) is 6.92 Å². The van der Waals surface area contributed by atoms with Crippen molar-refractivity contribution in [2.75, 3.05) is 13.1 Å². The maximum absolute atomic E-state index is 12.9. The lowest BCUT2D eigenvalue weighted by atomic mass is 10.1. The predicted molar refractivity (Wildman–Crippen MR) is 49.8 cm³/mol. The lowest BCUT2D eigenvalue weighted by Crippen LogP contribution is -2.61. The molecule has 1 N–H and O–H groups in total. The van der Waals surface area contributed by atoms with Crippen molar-refractivity contribution in [2.45, 2.75) is 31.7 Å². The third kappa shape index (κ3) is 2.86. The number of piperazine rings is 1. The average molecular weight is 256 g/mol. The molecule has 0 aliphatic carbocycles. The molecular formula is C9H12F4N2O2. The summed E-state index contributed by atoms with van der Waals surface area (Å²) in [6.07, 6.45) is -3.77. The molecule has 0 radical (unpaired) electrons. The molecule has 0 aromatic rings. The van der Waals surface area contributed by atoms with Gasteiger partial charge in [-0.25, -0.2) is 8.78 Å². The van der Waals surface area contributed by atoms with E-state index in [-0.39, 0.29) is 6.42 Å². The van der Waals surface area contributed by atoms with Crippen molar-refractivity contribution >= 4 is 11.8 Å². The standard InChI is InChI=1S/C9H12F4N2O2/c1-2-5-7(17)14-3-6(16)15(5)4-9(12,13)8(10)11/h5,8H,2-4H2,1H3,(H,14,17). The molecular weight excluding hydrogens is 244 g/mol. The van der Waals surface area contributed by atoms with E-state index >= 15 is 0 Å². The molecule has 1 rings (SSSR count). The Morgan fingerprint density at radius 2 is 2.06 bits per heavy atom. The number of hydrogen-bond acceptors (Lipinski definition) is 2. The van der Waals surface area contributed by atoms with Crippen LogP contribution in [0.4, 0.5) is 17.6 Å². The van der Waals surface area contributed by atoms with Crippen LogP contribution in [0.2, 0.25) is 0 Å². The summed E-state index contributed by atoms with van der Waals surface area (Å²) in [6, 6.07) is -1.11. The molecule has 8 heteroatoms. The minimum atomic E-state index is -4.30. The smallest absolute Gasteiger partial charge is 0.324 e. The molecule has 1 aliphatic heterocycles. The Labute approximate surface area is 94.9 Å². The maximum atomic E-state index is 12.9. The number of carbonyl (C=O) groups is 2. The Balaban J connectivity index is 2.85. The molecule has 0 aromatic heterocycles. The third-order valence-corrected chi connectivity index (χ3v) is 2.50. The van der Waals surface area contributed by atoms with Crippen LogP contribution in [-0.4, -0.2) is 48.2 Å². The van der Waals surface area contributed by atoms with Crippen LogP contribution in [0, 0.1) is 0 Å². The predicted octanol–water partition coefficient (Wildman–Crippen LogP) is 0.624. The van der Waals surface area contributed by atoms with E-state index < -0.39 is 43.3 Å². The molecule has 1 saturated heterocycles. The van der Waals surface area contributed by atoms with Gasteiger partial charge in [-0.1, -0.05) is 6.92 Å². The van der Waals surface area contributed by atoms with Crippen LogP contribution < -0.4 is 5.32 Å². The van der Waals surface area contributed by atoms with E-state index in [0.717, 1.165) is 0 Å². The van der Waals surface area contributed by atoms with Crippen LogP contribution in [-0.2, 0) is 9.59 Å². The van der Waals surface area contributed by atoms with Gasteiger partial charge in [0.05, 0.1) is 13.1 Å². The second kappa shape index (κ2) is 4.89. The van der Waals surface area contributed by atoms with Gasteiger partial charge in [0.2, 0.25) is 11.8 Å². The molecule has 1 unspecified atom stereocenters. The number of nitrogens with zero attached hydrogens (tertiary/aromatic N) is 1. The molecule has 0 spiro atoms. The van der Waals surface area contributed by atoms with E-state index in [1.54, 1.807) is 0 Å². The summed E-state index contributed by atoms with van der Waals surface area (Å²) in [7, 11) is 0. The lowest BCUT2D eigenvalue weighted by molar-refractivity contribution is -0.167. The largest absolute Gasteiger partial charge is 0.345 e. The first-order valence-corrected chi connectivity index (χ1v) is 5.02. The summed E-state index contributed by atoms with van der Waals surface area (Å²) < 4.78 is 49.8. The molecule has 98 valence electrons. The number of nitrogens with one attached hydrogen (secondary N) is 1. The van der Waals surface area contributed by atoms with Crippen molar-refractivity contribution < 1.29 is 27.2 Å². The van der Waals surface area contributed by atoms with Gasteiger partial charge in [0.1, 0.15) is 6.04 Å². The van der Waals surface area contributed by atoms with Gasteiger partial charge in [0.15, 0.2) is 0 Å². The summed E-state index contributed by atoms with van der Waals surface area (Å²) in [5.74, 6) is -5.69. The molecule has 0 aromatic carbocycles. The van der Waals surface area contributed by atoms with E-state index in [4.69, 9.17) is 0 Å². The van der Waals surface area contributed by atoms with Crippen molar-refractivity contribution in [1.82, 2.24) is 10.2 Å². The number of amides is 2. The molecule has 1 heterocycles. The Morgan fingerprint density at radius 1 is 1.47 bits per heavy atom. The molecule has 1 fully saturated rings. The number of alkyl halides is 4. The minimum Gasteiger partial charge on any atom is -0.345 e. The highest BCUT2D eigenvalue weighted by molar-refractivity contribution is 5.94. The van der Waals surface area contributed by atoms with Crippen molar-refractivity contribution in [3.63, 3.8) is 0 Å². The molecule has 17 heavy (non-hydrogen) atoms. The van der Waals surface area contributed by atoms with Crippen molar-refractivity contribution in [1.29, 1.82) is 0 Å². The van der Waals surface area contributed by atoms with Crippen LogP contribution in [0.15, 0.2) is 0 Å². The molecule has 0 saturated carbocycles. The van der Waals surface area contributed by atoms with Crippen LogP contribution in [0.25, 0.3) is 0 Å². The fourth-order valence-corrected chi connectivity index (χ4v) is 1.60. The van der Waals surface area contributed by atoms with E-state index in [2.05, 4.69) is 5.32 Å². The Morgan fingerprint density at radius 3 is 2.53 bits per heavy atom. The van der Waals surface area contributed by atoms with Gasteiger partial charge in [-0.2, -0.15) is 8.78 Å². The SMILES string of the molecule is CCC1C(=O)NCC(=O)N1CC(F)(F)C(F)F. The second-order valence-electron chi connectivity index (χ2n) is 3.73. The summed E-state index contributed by atoms with van der Waals surface area (Å²) in [4.78, 5) is 23.2. The topological polar surface area (TPSA) is 49.4 Å². The fraction of sp³-hybridized carbons (Fsp3) is 0.778. The van der Waals surface area contributed by atoms with Gasteiger partial charge in [0.25, 0.3) is 0 Å². The van der Waals surface area contributed by atoms with E-state index in [0.29, 0.717) is 4.90 Å². The number of carbonyl (C=O) groups excluding carboxylic acids is 2. The number of rotatable bonds is 4. The zero-order valence-corrected chi connectivity index (χ0v) is 9.05. The van der Waals surface area contributed by atoms with Gasteiger partial charge in [-0.05, 0) is 6.42 Å². The van der Waals surface area contributed by atoms with Crippen LogP contribution >= 0.6 is 0 Å². The van der Waals surface area contributed by atoms with E-state index in [1.807, 2.05) is 0 Å². The first kappa shape index (κ1) is 13.7. The zero-order chi connectivity index (χ0) is 13.2. The highest BCUT2D eigenvalue weighted by Gasteiger charge is 2.46. The van der Waals surface area contributed by atoms with Crippen LogP contribution in [0.1, 0.15) is 13.3 Å². The van der Waals surface area contributed by atoms with Crippen LogP contribution in [0.5, 0.6) is 0 Å². The third-order valence-electron chi connectivity index (χ3n) is 2.50. The lowest BCUT2D eigenvalue weighted by Gasteiger charge is -2.36. The van der Waals surface area contributed by atoms with Crippen molar-refractivity contribution in [2.24, 2.45) is 0 Å². The van der Waals surface area contributed by atoms with Gasteiger partial charge >= 0.3 is 12.3 Å². The van der Waals surface area contributed by atoms with Crippen LogP contribution in [0.3, 0.4) is 0 Å². The molecule has 1 atom stereocenters. The van der Waals surface area contributed by atoms with Gasteiger partial charge < -0.3 is 10.2 Å². The highest BCUT2D eigenvalue weighted by atomic mass is 19.3.